The molecule has 4 nitrogen and oxygen atoms in total. The lowest BCUT2D eigenvalue weighted by molar-refractivity contribution is 0.278. The van der Waals surface area contributed by atoms with Crippen LogP contribution in [0, 0.1) is 0 Å². The zero-order valence-electron chi connectivity index (χ0n) is 12.3. The molecule has 0 aliphatic carbocycles. The molecule has 9 heteroatoms. The van der Waals surface area contributed by atoms with Crippen molar-refractivity contribution < 1.29 is 33.9 Å². The highest BCUT2D eigenvalue weighted by Crippen LogP contribution is 1.40. The van der Waals surface area contributed by atoms with Gasteiger partial charge in [0, 0.05) is 0 Å². The molecule has 0 amide bonds. The van der Waals surface area contributed by atoms with Crippen molar-refractivity contribution in [3.8, 4) is 0 Å². The first-order valence-electron chi connectivity index (χ1n) is 4.77. The van der Waals surface area contributed by atoms with Crippen LogP contribution in [0.4, 0.5) is 18.8 Å². The fourth-order valence-electron chi connectivity index (χ4n) is 0. The van der Waals surface area contributed by atoms with Crippen LogP contribution in [0.2, 0.25) is 0 Å². The van der Waals surface area contributed by atoms with Crippen LogP contribution in [0.15, 0.2) is 0 Å². The Bertz CT molecular complexity index is 37.5. The summed E-state index contributed by atoms with van der Waals surface area (Å²) in [5.74, 6) is 0. The second kappa shape index (κ2) is 485. The zero-order chi connectivity index (χ0) is 11.6. The molecule has 17 heavy (non-hydrogen) atoms. The molecule has 0 aromatic heterocycles. The summed E-state index contributed by atoms with van der Waals surface area (Å²) in [6.07, 6.45) is 0. The highest BCUT2D eigenvalue weighted by atomic mass is 19.0. The highest BCUT2D eigenvalue weighted by molar-refractivity contribution is 6.30. The maximum absolute atomic E-state index is 7.17. The summed E-state index contributed by atoms with van der Waals surface area (Å²) in [7, 11) is -2.17. The molecule has 120 valence electrons. The van der Waals surface area contributed by atoms with E-state index in [2.05, 4.69) is 0 Å². The lowest BCUT2D eigenvalue weighted by Crippen LogP contribution is -2.07. The van der Waals surface area contributed by atoms with Crippen molar-refractivity contribution in [1.29, 1.82) is 0 Å². The van der Waals surface area contributed by atoms with E-state index >= 15 is 0 Å². The van der Waals surface area contributed by atoms with Gasteiger partial charge in [-0.05, 0) is 0 Å². The van der Waals surface area contributed by atoms with Crippen molar-refractivity contribution in [3.05, 3.63) is 0 Å². The first-order valence-corrected chi connectivity index (χ1v) is 4.77. The Morgan fingerprint density at radius 1 is 0.471 bits per heavy atom. The third kappa shape index (κ3) is 20600. The molecular weight excluding hydrogens is 245 g/mol. The minimum atomic E-state index is -2.17. The molecule has 0 bridgehead atoms. The smallest absolute Gasteiger partial charge is 0.402 e. The number of rotatable bonds is 0. The van der Waals surface area contributed by atoms with E-state index in [1.54, 1.807) is 0 Å². The van der Waals surface area contributed by atoms with Gasteiger partial charge in [-0.2, -0.15) is 0 Å². The molecule has 0 spiro atoms. The molecule has 0 unspecified atom stereocenters. The largest absolute Gasteiger partial charge is 0.631 e. The first kappa shape index (κ1) is 92.5. The van der Waals surface area contributed by atoms with Crippen LogP contribution in [0.5, 0.6) is 0 Å². The maximum atomic E-state index is 7.17. The Labute approximate surface area is 104 Å². The first-order chi connectivity index (χ1) is 5.73. The van der Waals surface area contributed by atoms with E-state index in [0.717, 1.165) is 0 Å². The van der Waals surface area contributed by atoms with Gasteiger partial charge in [0.05, 0.1) is 0 Å². The quantitative estimate of drug-likeness (QED) is 0.405. The third-order valence-corrected chi connectivity index (χ3v) is 0. The summed E-state index contributed by atoms with van der Waals surface area (Å²) < 4.78 is 0. The van der Waals surface area contributed by atoms with Crippen LogP contribution >= 0.6 is 0 Å². The van der Waals surface area contributed by atoms with Crippen LogP contribution in [-0.4, -0.2) is 22.4 Å². The second-order valence-corrected chi connectivity index (χ2v) is 0.346. The second-order valence-electron chi connectivity index (χ2n) is 0.346. The normalized spacial score (nSPS) is 3.00. The molecule has 0 aromatic rings. The van der Waals surface area contributed by atoms with Crippen LogP contribution < -0.4 is 6.15 Å². The minimum Gasteiger partial charge on any atom is -0.402 e. The summed E-state index contributed by atoms with van der Waals surface area (Å²) in [5.41, 5.74) is 0. The SMILES string of the molecule is CC.CC.CC.CC.F.F.F.F.N.OB(O)O. The Hall–Kier alpha value is -0.375. The average molecular weight is 279 g/mol. The maximum Gasteiger partial charge on any atom is 0.631 e. The predicted octanol–water partition coefficient (Wildman–Crippen LogP) is 2.83. The summed E-state index contributed by atoms with van der Waals surface area (Å²) in [6, 6.07) is 0. The van der Waals surface area contributed by atoms with E-state index in [9.17, 15) is 0 Å². The molecule has 0 rings (SSSR count). The van der Waals surface area contributed by atoms with E-state index in [0.29, 0.717) is 0 Å². The van der Waals surface area contributed by atoms with Crippen molar-refractivity contribution in [2.24, 2.45) is 0 Å². The van der Waals surface area contributed by atoms with Gasteiger partial charge >= 0.3 is 7.32 Å². The Kier molecular flexibility index (Phi) is 2640. The molecule has 0 radical (unpaired) electrons. The van der Waals surface area contributed by atoms with Gasteiger partial charge in [-0.25, -0.2) is 0 Å². The van der Waals surface area contributed by atoms with Gasteiger partial charge in [-0.15, -0.1) is 0 Å². The van der Waals surface area contributed by atoms with Crippen molar-refractivity contribution in [2.75, 3.05) is 0 Å². The van der Waals surface area contributed by atoms with Gasteiger partial charge in [0.1, 0.15) is 0 Å². The lowest BCUT2D eigenvalue weighted by Gasteiger charge is -1.69. The molecule has 0 saturated carbocycles. The predicted molar refractivity (Wildman–Crippen MR) is 72.8 cm³/mol. The fourth-order valence-corrected chi connectivity index (χ4v) is 0. The third-order valence-electron chi connectivity index (χ3n) is 0. The van der Waals surface area contributed by atoms with Gasteiger partial charge in [-0.1, -0.05) is 55.4 Å². The molecule has 0 heterocycles. The topological polar surface area (TPSA) is 95.7 Å². The van der Waals surface area contributed by atoms with Gasteiger partial charge in [0.15, 0.2) is 0 Å². The molecule has 0 fully saturated rings. The number of hydrogen-bond acceptors (Lipinski definition) is 4. The Morgan fingerprint density at radius 2 is 0.471 bits per heavy atom. The Balaban J connectivity index is -0.00000000435. The van der Waals surface area contributed by atoms with Gasteiger partial charge in [-0.3, -0.25) is 18.8 Å². The molecule has 0 aliphatic rings. The summed E-state index contributed by atoms with van der Waals surface area (Å²) in [5, 5.41) is 21.5. The number of halogens is 4. The summed E-state index contributed by atoms with van der Waals surface area (Å²) >= 11 is 0. The fraction of sp³-hybridized carbons (Fsp3) is 1.00. The molecule has 0 aromatic carbocycles. The van der Waals surface area contributed by atoms with Gasteiger partial charge in [0.2, 0.25) is 0 Å². The van der Waals surface area contributed by atoms with E-state index < -0.39 is 7.32 Å². The van der Waals surface area contributed by atoms with E-state index in [-0.39, 0.29) is 25.0 Å². The molecule has 0 saturated heterocycles. The van der Waals surface area contributed by atoms with E-state index in [4.69, 9.17) is 15.1 Å². The molecule has 0 atom stereocenters. The summed E-state index contributed by atoms with van der Waals surface area (Å²) in [4.78, 5) is 0. The monoisotopic (exact) mass is 279 g/mol. The Morgan fingerprint density at radius 3 is 0.471 bits per heavy atom. The minimum absolute atomic E-state index is 0. The zero-order valence-corrected chi connectivity index (χ0v) is 12.3. The standard InChI is InChI=1S/4C2H6.BH3O3.4FH.H3N/c4*1-2;2-1(3)4;;;;;/h4*1-2H3;2-4H;4*1H;1H3. The average Bonchev–Trinajstić information content (AvgIpc) is 2.16. The van der Waals surface area contributed by atoms with E-state index in [1.807, 2.05) is 55.4 Å². The molecule has 6 N–H and O–H groups in total. The van der Waals surface area contributed by atoms with Crippen LogP contribution in [0.1, 0.15) is 55.4 Å². The van der Waals surface area contributed by atoms with Crippen molar-refractivity contribution in [1.82, 2.24) is 6.15 Å². The molecule has 0 aliphatic heterocycles. The highest BCUT2D eigenvalue weighted by Gasteiger charge is 1.92. The lowest BCUT2D eigenvalue weighted by atomic mass is 10.3. The van der Waals surface area contributed by atoms with Gasteiger partial charge in [0.25, 0.3) is 0 Å². The van der Waals surface area contributed by atoms with Crippen molar-refractivity contribution in [2.45, 2.75) is 55.4 Å². The van der Waals surface area contributed by atoms with Crippen molar-refractivity contribution in [3.63, 3.8) is 0 Å². The van der Waals surface area contributed by atoms with E-state index in [1.165, 1.54) is 0 Å². The van der Waals surface area contributed by atoms with Crippen LogP contribution in [0.25, 0.3) is 0 Å². The van der Waals surface area contributed by atoms with Gasteiger partial charge < -0.3 is 21.2 Å². The summed E-state index contributed by atoms with van der Waals surface area (Å²) in [6.45, 7) is 16.0. The van der Waals surface area contributed by atoms with Crippen LogP contribution in [0.3, 0.4) is 0 Å². The molecular formula is C8H34BF4NO3. The van der Waals surface area contributed by atoms with Crippen LogP contribution in [-0.2, 0) is 0 Å². The number of hydrogen-bond donors (Lipinski definition) is 4. The van der Waals surface area contributed by atoms with Crippen molar-refractivity contribution >= 4 is 7.32 Å².